The minimum Gasteiger partial charge on any atom is -0.309 e. The van der Waals surface area contributed by atoms with Gasteiger partial charge in [-0.05, 0) is 79.7 Å². The molecule has 9 rings (SSSR count). The summed E-state index contributed by atoms with van der Waals surface area (Å²) >= 11 is 0. The second kappa shape index (κ2) is 8.44. The van der Waals surface area contributed by atoms with Gasteiger partial charge >= 0.3 is 0 Å². The molecule has 0 saturated heterocycles. The van der Waals surface area contributed by atoms with Gasteiger partial charge in [0.15, 0.2) is 0 Å². The lowest BCUT2D eigenvalue weighted by atomic mass is 9.68. The molecule has 0 spiro atoms. The zero-order chi connectivity index (χ0) is 28.0. The summed E-state index contributed by atoms with van der Waals surface area (Å²) in [4.78, 5) is 0. The lowest BCUT2D eigenvalue weighted by Crippen LogP contribution is -2.23. The summed E-state index contributed by atoms with van der Waals surface area (Å²) < 4.78 is 2.46. The Balaban J connectivity index is 1.33. The molecule has 0 radical (unpaired) electrons. The summed E-state index contributed by atoms with van der Waals surface area (Å²) in [7, 11) is 0. The second-order valence-electron chi connectivity index (χ2n) is 12.2. The minimum atomic E-state index is -0.0618. The second-order valence-corrected chi connectivity index (χ2v) is 12.2. The highest BCUT2D eigenvalue weighted by molar-refractivity contribution is 6.24. The van der Waals surface area contributed by atoms with Gasteiger partial charge in [0.25, 0.3) is 0 Å². The summed E-state index contributed by atoms with van der Waals surface area (Å²) in [5, 5.41) is 7.87. The van der Waals surface area contributed by atoms with Gasteiger partial charge in [0.2, 0.25) is 0 Å². The van der Waals surface area contributed by atoms with Crippen LogP contribution in [0.2, 0.25) is 0 Å². The van der Waals surface area contributed by atoms with E-state index in [2.05, 4.69) is 158 Å². The topological polar surface area (TPSA) is 4.93 Å². The van der Waals surface area contributed by atoms with Crippen LogP contribution in [0.3, 0.4) is 0 Å². The van der Waals surface area contributed by atoms with Crippen molar-refractivity contribution in [3.63, 3.8) is 0 Å². The van der Waals surface area contributed by atoms with Crippen LogP contribution in [0.25, 0.3) is 71.3 Å². The first-order chi connectivity index (χ1) is 20.6. The van der Waals surface area contributed by atoms with Gasteiger partial charge in [0, 0.05) is 27.4 Å². The van der Waals surface area contributed by atoms with E-state index in [9.17, 15) is 0 Å². The van der Waals surface area contributed by atoms with Crippen molar-refractivity contribution in [1.82, 2.24) is 4.57 Å². The molecular formula is C41H29N. The summed E-state index contributed by atoms with van der Waals surface area (Å²) in [6, 6.07) is 51.6. The molecule has 42 heavy (non-hydrogen) atoms. The summed E-state index contributed by atoms with van der Waals surface area (Å²) in [5.41, 5.74) is 11.6. The number of nitrogens with zero attached hydrogens (tertiary/aromatic N) is 1. The molecule has 1 heterocycles. The number of para-hydroxylation sites is 1. The van der Waals surface area contributed by atoms with Crippen LogP contribution in [0, 0.1) is 0 Å². The predicted octanol–water partition coefficient (Wildman–Crippen LogP) is 11.1. The predicted molar refractivity (Wildman–Crippen MR) is 179 cm³/mol. The molecule has 1 aliphatic rings. The fraction of sp³-hybridized carbons (Fsp3) is 0.0732. The van der Waals surface area contributed by atoms with Crippen molar-refractivity contribution in [3.05, 3.63) is 151 Å². The third kappa shape index (κ3) is 3.14. The monoisotopic (exact) mass is 535 g/mol. The fourth-order valence-corrected chi connectivity index (χ4v) is 7.53. The van der Waals surface area contributed by atoms with Gasteiger partial charge in [0.1, 0.15) is 0 Å². The van der Waals surface area contributed by atoms with Crippen molar-refractivity contribution in [2.75, 3.05) is 0 Å². The maximum atomic E-state index is 2.46. The molecule has 0 saturated carbocycles. The van der Waals surface area contributed by atoms with E-state index in [0.29, 0.717) is 0 Å². The number of fused-ring (bicyclic) bond motifs is 7. The van der Waals surface area contributed by atoms with Gasteiger partial charge in [-0.1, -0.05) is 123 Å². The minimum absolute atomic E-state index is 0.0618. The van der Waals surface area contributed by atoms with E-state index in [0.717, 1.165) is 0 Å². The molecule has 198 valence electrons. The van der Waals surface area contributed by atoms with Crippen LogP contribution in [0.4, 0.5) is 0 Å². The fourth-order valence-electron chi connectivity index (χ4n) is 7.53. The van der Waals surface area contributed by atoms with Gasteiger partial charge in [-0.3, -0.25) is 0 Å². The van der Waals surface area contributed by atoms with E-state index in [1.54, 1.807) is 0 Å². The van der Waals surface area contributed by atoms with Crippen LogP contribution < -0.4 is 0 Å². The normalized spacial score (nSPS) is 13.7. The molecule has 0 unspecified atom stereocenters. The van der Waals surface area contributed by atoms with Crippen LogP contribution in [0.15, 0.2) is 140 Å². The number of aromatic nitrogens is 1. The smallest absolute Gasteiger partial charge is 0.0553 e. The van der Waals surface area contributed by atoms with Crippen molar-refractivity contribution >= 4 is 43.4 Å². The molecule has 0 N–H and O–H groups in total. The maximum absolute atomic E-state index is 2.46. The zero-order valence-electron chi connectivity index (χ0n) is 23.7. The van der Waals surface area contributed by atoms with Crippen molar-refractivity contribution in [1.29, 1.82) is 0 Å². The lowest BCUT2D eigenvalue weighted by molar-refractivity contribution is 0.645. The Morgan fingerprint density at radius 1 is 0.476 bits per heavy atom. The lowest BCUT2D eigenvalue weighted by Gasteiger charge is -2.35. The van der Waals surface area contributed by atoms with Crippen molar-refractivity contribution < 1.29 is 0 Å². The highest BCUT2D eigenvalue weighted by atomic mass is 15.0. The van der Waals surface area contributed by atoms with E-state index in [4.69, 9.17) is 0 Å². The van der Waals surface area contributed by atoms with E-state index in [1.165, 1.54) is 82.4 Å². The van der Waals surface area contributed by atoms with E-state index in [1.807, 2.05) is 0 Å². The van der Waals surface area contributed by atoms with Gasteiger partial charge in [0.05, 0.1) is 11.0 Å². The summed E-state index contributed by atoms with van der Waals surface area (Å²) in [6.07, 6.45) is 0. The van der Waals surface area contributed by atoms with Gasteiger partial charge in [-0.2, -0.15) is 0 Å². The van der Waals surface area contributed by atoms with Crippen LogP contribution in [-0.4, -0.2) is 4.57 Å². The quantitative estimate of drug-likeness (QED) is 0.207. The first kappa shape index (κ1) is 23.6. The largest absolute Gasteiger partial charge is 0.309 e. The van der Waals surface area contributed by atoms with Gasteiger partial charge in [-0.15, -0.1) is 0 Å². The van der Waals surface area contributed by atoms with Crippen molar-refractivity contribution in [2.45, 2.75) is 19.3 Å². The summed E-state index contributed by atoms with van der Waals surface area (Å²) in [6.45, 7) is 4.74. The highest BCUT2D eigenvalue weighted by Crippen LogP contribution is 2.52. The van der Waals surface area contributed by atoms with Gasteiger partial charge in [-0.25, -0.2) is 0 Å². The van der Waals surface area contributed by atoms with Crippen LogP contribution in [-0.2, 0) is 5.41 Å². The Morgan fingerprint density at radius 3 is 2.05 bits per heavy atom. The molecule has 1 heteroatoms. The Morgan fingerprint density at radius 2 is 1.17 bits per heavy atom. The average molecular weight is 536 g/mol. The third-order valence-electron chi connectivity index (χ3n) is 9.55. The molecule has 8 aromatic rings. The molecule has 0 amide bonds. The number of benzene rings is 7. The Kier molecular flexibility index (Phi) is 4.73. The molecule has 0 fully saturated rings. The highest BCUT2D eigenvalue weighted by Gasteiger charge is 2.35. The van der Waals surface area contributed by atoms with Crippen molar-refractivity contribution in [2.24, 2.45) is 0 Å². The number of hydrogen-bond donors (Lipinski definition) is 0. The van der Waals surface area contributed by atoms with E-state index < -0.39 is 0 Å². The molecule has 0 aliphatic heterocycles. The van der Waals surface area contributed by atoms with E-state index in [-0.39, 0.29) is 5.41 Å². The van der Waals surface area contributed by atoms with E-state index >= 15 is 0 Å². The molecular weight excluding hydrogens is 506 g/mol. The molecule has 0 atom stereocenters. The Bertz CT molecular complexity index is 2370. The van der Waals surface area contributed by atoms with Crippen LogP contribution in [0.1, 0.15) is 25.0 Å². The third-order valence-corrected chi connectivity index (χ3v) is 9.55. The first-order valence-electron chi connectivity index (χ1n) is 14.8. The van der Waals surface area contributed by atoms with Crippen LogP contribution >= 0.6 is 0 Å². The number of rotatable bonds is 2. The maximum Gasteiger partial charge on any atom is 0.0553 e. The van der Waals surface area contributed by atoms with Crippen LogP contribution in [0.5, 0.6) is 0 Å². The Labute approximate surface area is 245 Å². The zero-order valence-corrected chi connectivity index (χ0v) is 23.7. The molecule has 0 bridgehead atoms. The molecule has 1 aromatic heterocycles. The van der Waals surface area contributed by atoms with Crippen molar-refractivity contribution in [3.8, 4) is 27.9 Å². The molecule has 1 aliphatic carbocycles. The summed E-state index contributed by atoms with van der Waals surface area (Å²) in [5.74, 6) is 0. The SMILES string of the molecule is CC1(C)c2ccccc2-c2c3c1cccc3cc1c2c2ccccc2n1-c1ccc(-c2ccc3ccccc3c2)cc1. The first-order valence-corrected chi connectivity index (χ1v) is 14.8. The average Bonchev–Trinajstić information content (AvgIpc) is 3.36. The molecule has 7 aromatic carbocycles. The Hall–Kier alpha value is -5.14. The van der Waals surface area contributed by atoms with Gasteiger partial charge < -0.3 is 4.57 Å². The standard InChI is InChI=1S/C41H29N/c1-41(2)34-15-7-5-13-32(34)40-38-30(12-9-16-35(38)41)25-37-39(40)33-14-6-8-17-36(33)42(37)31-22-20-27(21-23-31)29-19-18-26-10-3-4-11-28(26)24-29/h3-25H,1-2H3. The number of hydrogen-bond acceptors (Lipinski definition) is 0. The molecule has 1 nitrogen and oxygen atoms in total.